The first-order valence-corrected chi connectivity index (χ1v) is 10.9. The Morgan fingerprint density at radius 1 is 0.958 bits per heavy atom. The van der Waals surface area contributed by atoms with Crippen LogP contribution >= 0.6 is 31.9 Å². The Balaban J connectivity index is 1.69. The summed E-state index contributed by atoms with van der Waals surface area (Å²) in [4.78, 5) is 27.2. The van der Waals surface area contributed by atoms with Crippen molar-refractivity contribution in [3.05, 3.63) is 24.3 Å². The van der Waals surface area contributed by atoms with E-state index in [-0.39, 0.29) is 50.0 Å². The lowest BCUT2D eigenvalue weighted by atomic mass is 9.81. The van der Waals surface area contributed by atoms with Crippen LogP contribution in [0.15, 0.2) is 29.2 Å². The van der Waals surface area contributed by atoms with Gasteiger partial charge in [-0.15, -0.1) is 0 Å². The molecule has 9 heteroatoms. The van der Waals surface area contributed by atoms with E-state index in [2.05, 4.69) is 31.9 Å². The Hall–Kier alpha value is -0.770. The maximum Gasteiger partial charge on any atom is 0.238 e. The summed E-state index contributed by atoms with van der Waals surface area (Å²) >= 11 is 7.29. The summed E-state index contributed by atoms with van der Waals surface area (Å²) in [5.74, 6) is -0.671. The highest BCUT2D eigenvalue weighted by molar-refractivity contribution is 9.12. The van der Waals surface area contributed by atoms with E-state index in [9.17, 15) is 18.0 Å². The number of carbonyl (C=O) groups excluding carboxylic acids is 2. The van der Waals surface area contributed by atoms with E-state index in [1.165, 1.54) is 29.2 Å². The molecule has 6 atom stereocenters. The molecule has 4 rings (SSSR count). The van der Waals surface area contributed by atoms with Crippen molar-refractivity contribution >= 4 is 59.4 Å². The van der Waals surface area contributed by atoms with Crippen molar-refractivity contribution in [3.63, 3.8) is 0 Å². The van der Waals surface area contributed by atoms with E-state index in [1.54, 1.807) is 0 Å². The summed E-state index contributed by atoms with van der Waals surface area (Å²) in [7, 11) is -3.81. The standard InChI is InChI=1S/C15H14Br2N2O4S/c16-12-8-5-9(13(12)17)11-10(8)14(20)19(15(11)21)6-1-3-7(4-2-6)24(18,22)23/h1-4,8-13H,5H2,(H2,18,22,23)/t8-,9-,10-,11+,12-,13+/m0/s1. The van der Waals surface area contributed by atoms with Gasteiger partial charge in [0.1, 0.15) is 0 Å². The van der Waals surface area contributed by atoms with Gasteiger partial charge < -0.3 is 0 Å². The first-order chi connectivity index (χ1) is 11.2. The van der Waals surface area contributed by atoms with Crippen LogP contribution in [-0.4, -0.2) is 29.9 Å². The molecule has 1 saturated heterocycles. The maximum absolute atomic E-state index is 12.8. The second kappa shape index (κ2) is 5.36. The molecule has 1 aromatic rings. The zero-order chi connectivity index (χ0) is 17.4. The minimum Gasteiger partial charge on any atom is -0.274 e. The highest BCUT2D eigenvalue weighted by Crippen LogP contribution is 2.60. The summed E-state index contributed by atoms with van der Waals surface area (Å²) in [6.07, 6.45) is 0.872. The Bertz CT molecular complexity index is 810. The fourth-order valence-corrected chi connectivity index (χ4v) is 6.78. The number of nitrogens with two attached hydrogens (primary N) is 1. The Morgan fingerprint density at radius 2 is 1.42 bits per heavy atom. The second-order valence-corrected chi connectivity index (χ2v) is 10.2. The maximum atomic E-state index is 12.8. The average molecular weight is 478 g/mol. The molecule has 3 fully saturated rings. The van der Waals surface area contributed by atoms with Crippen LogP contribution in [0.25, 0.3) is 0 Å². The van der Waals surface area contributed by atoms with Crippen molar-refractivity contribution in [2.45, 2.75) is 21.0 Å². The van der Waals surface area contributed by atoms with Gasteiger partial charge in [-0.2, -0.15) is 0 Å². The summed E-state index contributed by atoms with van der Waals surface area (Å²) in [6.45, 7) is 0. The van der Waals surface area contributed by atoms with Crippen LogP contribution in [0.5, 0.6) is 0 Å². The molecule has 2 amide bonds. The van der Waals surface area contributed by atoms with Crippen molar-refractivity contribution in [2.75, 3.05) is 4.90 Å². The molecule has 0 aromatic heterocycles. The third-order valence-electron chi connectivity index (χ3n) is 5.41. The summed E-state index contributed by atoms with van der Waals surface area (Å²) in [5, 5.41) is 5.08. The number of sulfonamides is 1. The molecule has 1 aromatic carbocycles. The van der Waals surface area contributed by atoms with E-state index in [0.29, 0.717) is 5.69 Å². The number of hydrogen-bond donors (Lipinski definition) is 1. The van der Waals surface area contributed by atoms with Gasteiger partial charge in [0.05, 0.1) is 22.4 Å². The number of amides is 2. The third kappa shape index (κ3) is 2.17. The Labute approximate surface area is 156 Å². The lowest BCUT2D eigenvalue weighted by molar-refractivity contribution is -0.123. The van der Waals surface area contributed by atoms with Crippen LogP contribution in [0.4, 0.5) is 5.69 Å². The first kappa shape index (κ1) is 16.7. The fraction of sp³-hybridized carbons (Fsp3) is 0.467. The molecule has 3 aliphatic rings. The minimum atomic E-state index is -3.81. The number of rotatable bonds is 2. The number of alkyl halides is 2. The molecule has 2 bridgehead atoms. The molecule has 0 radical (unpaired) electrons. The van der Waals surface area contributed by atoms with E-state index in [0.717, 1.165) is 6.42 Å². The largest absolute Gasteiger partial charge is 0.274 e. The molecular weight excluding hydrogens is 464 g/mol. The third-order valence-corrected chi connectivity index (χ3v) is 9.55. The normalized spacial score (nSPS) is 38.0. The molecule has 24 heavy (non-hydrogen) atoms. The first-order valence-electron chi connectivity index (χ1n) is 7.50. The number of carbonyl (C=O) groups is 2. The average Bonchev–Trinajstić information content (AvgIpc) is 3.12. The topological polar surface area (TPSA) is 97.5 Å². The zero-order valence-corrected chi connectivity index (χ0v) is 16.3. The van der Waals surface area contributed by atoms with Gasteiger partial charge in [-0.05, 0) is 42.5 Å². The van der Waals surface area contributed by atoms with Crippen LogP contribution in [0, 0.1) is 23.7 Å². The van der Waals surface area contributed by atoms with Gasteiger partial charge in [-0.25, -0.2) is 13.6 Å². The van der Waals surface area contributed by atoms with Crippen molar-refractivity contribution < 1.29 is 18.0 Å². The van der Waals surface area contributed by atoms with Crippen molar-refractivity contribution in [1.82, 2.24) is 0 Å². The van der Waals surface area contributed by atoms with Gasteiger partial charge in [0.15, 0.2) is 0 Å². The van der Waals surface area contributed by atoms with Gasteiger partial charge in [0, 0.05) is 9.65 Å². The molecule has 128 valence electrons. The SMILES string of the molecule is NS(=O)(=O)c1ccc(N2C(=O)[C@@H]3[C@@H]4C[C@H]([C@H](Br)[C@@H]4Br)[C@@H]3C2=O)cc1. The molecule has 0 unspecified atom stereocenters. The number of primary sulfonamides is 1. The van der Waals surface area contributed by atoms with Crippen molar-refractivity contribution in [1.29, 1.82) is 0 Å². The van der Waals surface area contributed by atoms with Crippen LogP contribution in [0.1, 0.15) is 6.42 Å². The lowest BCUT2D eigenvalue weighted by Gasteiger charge is -2.28. The Kier molecular flexibility index (Phi) is 3.73. The van der Waals surface area contributed by atoms with Gasteiger partial charge in [-0.3, -0.25) is 14.5 Å². The molecule has 0 spiro atoms. The van der Waals surface area contributed by atoms with Crippen LogP contribution in [-0.2, 0) is 19.6 Å². The summed E-state index contributed by atoms with van der Waals surface area (Å²) < 4.78 is 22.7. The smallest absolute Gasteiger partial charge is 0.238 e. The number of nitrogens with zero attached hydrogens (tertiary/aromatic N) is 1. The van der Waals surface area contributed by atoms with Gasteiger partial charge in [0.2, 0.25) is 21.8 Å². The fourth-order valence-electron chi connectivity index (χ4n) is 4.39. The van der Waals surface area contributed by atoms with Crippen molar-refractivity contribution in [2.24, 2.45) is 28.8 Å². The number of imide groups is 1. The van der Waals surface area contributed by atoms with Gasteiger partial charge in [-0.1, -0.05) is 31.9 Å². The quantitative estimate of drug-likeness (QED) is 0.516. The highest BCUT2D eigenvalue weighted by Gasteiger charge is 2.66. The van der Waals surface area contributed by atoms with Crippen LogP contribution in [0.3, 0.4) is 0 Å². The predicted octanol–water partition coefficient (Wildman–Crippen LogP) is 1.62. The molecule has 2 N–H and O–H groups in total. The highest BCUT2D eigenvalue weighted by atomic mass is 79.9. The molecule has 2 aliphatic carbocycles. The number of hydrogen-bond acceptors (Lipinski definition) is 4. The number of anilines is 1. The number of benzene rings is 1. The Morgan fingerprint density at radius 3 is 1.83 bits per heavy atom. The van der Waals surface area contributed by atoms with Gasteiger partial charge in [0.25, 0.3) is 0 Å². The van der Waals surface area contributed by atoms with Crippen LogP contribution < -0.4 is 10.0 Å². The minimum absolute atomic E-state index is 0.0494. The monoisotopic (exact) mass is 476 g/mol. The number of halogens is 2. The zero-order valence-electron chi connectivity index (χ0n) is 12.3. The van der Waals surface area contributed by atoms with Crippen molar-refractivity contribution in [3.8, 4) is 0 Å². The lowest BCUT2D eigenvalue weighted by Crippen LogP contribution is -2.37. The van der Waals surface area contributed by atoms with E-state index < -0.39 is 10.0 Å². The molecule has 1 aliphatic heterocycles. The van der Waals surface area contributed by atoms with Gasteiger partial charge >= 0.3 is 0 Å². The summed E-state index contributed by atoms with van der Waals surface area (Å²) in [6, 6.07) is 5.54. The molecule has 2 saturated carbocycles. The van der Waals surface area contributed by atoms with Crippen LogP contribution in [0.2, 0.25) is 0 Å². The second-order valence-electron chi connectivity index (χ2n) is 6.55. The number of fused-ring (bicyclic) bond motifs is 5. The summed E-state index contributed by atoms with van der Waals surface area (Å²) in [5.41, 5.74) is 0.392. The van der Waals surface area contributed by atoms with E-state index >= 15 is 0 Å². The van der Waals surface area contributed by atoms with E-state index in [4.69, 9.17) is 5.14 Å². The van der Waals surface area contributed by atoms with E-state index in [1.807, 2.05) is 0 Å². The molecule has 1 heterocycles. The molecular formula is C15H14Br2N2O4S. The predicted molar refractivity (Wildman–Crippen MR) is 94.3 cm³/mol. The molecule has 6 nitrogen and oxygen atoms in total.